The maximum atomic E-state index is 10.4. The van der Waals surface area contributed by atoms with E-state index in [1.807, 2.05) is 0 Å². The van der Waals surface area contributed by atoms with Crippen LogP contribution in [-0.2, 0) is 14.3 Å². The van der Waals surface area contributed by atoms with Gasteiger partial charge in [0.15, 0.2) is 0 Å². The number of allylic oxidation sites excluding steroid dienone is 1. The molecule has 0 unspecified atom stereocenters. The standard InChI is InChI=1S/C7H14O3S/c1-3-4-5-6-7-10-11(2,8)9/h6-7H,3-5H2,1-2H3. The lowest BCUT2D eigenvalue weighted by molar-refractivity contribution is 0.448. The Morgan fingerprint density at radius 1 is 1.45 bits per heavy atom. The molecule has 66 valence electrons. The van der Waals surface area contributed by atoms with Gasteiger partial charge in [0.1, 0.15) is 6.26 Å². The van der Waals surface area contributed by atoms with E-state index in [1.165, 1.54) is 6.26 Å². The highest BCUT2D eigenvalue weighted by Gasteiger charge is 1.94. The zero-order chi connectivity index (χ0) is 8.74. The van der Waals surface area contributed by atoms with Gasteiger partial charge in [0.05, 0.1) is 6.26 Å². The van der Waals surface area contributed by atoms with Crippen molar-refractivity contribution in [1.82, 2.24) is 0 Å². The first-order chi connectivity index (χ1) is 5.06. The number of hydrogen-bond donors (Lipinski definition) is 0. The normalized spacial score (nSPS) is 12.2. The molecular formula is C7H14O3S. The van der Waals surface area contributed by atoms with Gasteiger partial charge in [-0.15, -0.1) is 0 Å². The predicted molar refractivity (Wildman–Crippen MR) is 44.6 cm³/mol. The highest BCUT2D eigenvalue weighted by atomic mass is 32.2. The molecule has 0 saturated heterocycles. The molecule has 0 aliphatic carbocycles. The van der Waals surface area contributed by atoms with Crippen molar-refractivity contribution in [1.29, 1.82) is 0 Å². The number of rotatable bonds is 5. The van der Waals surface area contributed by atoms with E-state index in [0.717, 1.165) is 25.5 Å². The monoisotopic (exact) mass is 178 g/mol. The maximum Gasteiger partial charge on any atom is 0.305 e. The summed E-state index contributed by atoms with van der Waals surface area (Å²) in [5.74, 6) is 0. The Balaban J connectivity index is 3.46. The minimum Gasteiger partial charge on any atom is -0.391 e. The van der Waals surface area contributed by atoms with Crippen molar-refractivity contribution < 1.29 is 12.6 Å². The molecule has 0 aromatic carbocycles. The highest BCUT2D eigenvalue weighted by Crippen LogP contribution is 1.96. The Morgan fingerprint density at radius 2 is 2.09 bits per heavy atom. The zero-order valence-corrected chi connectivity index (χ0v) is 7.73. The second-order valence-electron chi connectivity index (χ2n) is 2.31. The van der Waals surface area contributed by atoms with Gasteiger partial charge in [-0.2, -0.15) is 8.42 Å². The molecule has 0 aromatic rings. The lowest BCUT2D eigenvalue weighted by atomic mass is 10.2. The zero-order valence-electron chi connectivity index (χ0n) is 6.91. The van der Waals surface area contributed by atoms with Crippen molar-refractivity contribution in [3.8, 4) is 0 Å². The van der Waals surface area contributed by atoms with Crippen LogP contribution in [0.25, 0.3) is 0 Å². The molecule has 0 amide bonds. The molecule has 0 aliphatic rings. The maximum absolute atomic E-state index is 10.4. The molecule has 0 aliphatic heterocycles. The second-order valence-corrected chi connectivity index (χ2v) is 3.92. The smallest absolute Gasteiger partial charge is 0.305 e. The van der Waals surface area contributed by atoms with E-state index in [4.69, 9.17) is 0 Å². The van der Waals surface area contributed by atoms with Gasteiger partial charge in [-0.05, 0) is 18.9 Å². The molecule has 11 heavy (non-hydrogen) atoms. The van der Waals surface area contributed by atoms with Gasteiger partial charge < -0.3 is 4.18 Å². The van der Waals surface area contributed by atoms with E-state index in [1.54, 1.807) is 6.08 Å². The first-order valence-corrected chi connectivity index (χ1v) is 5.41. The van der Waals surface area contributed by atoms with Crippen LogP contribution in [0, 0.1) is 0 Å². The van der Waals surface area contributed by atoms with Gasteiger partial charge in [-0.1, -0.05) is 13.3 Å². The molecule has 3 nitrogen and oxygen atoms in total. The van der Waals surface area contributed by atoms with Gasteiger partial charge in [0, 0.05) is 0 Å². The molecule has 0 saturated carbocycles. The fraction of sp³-hybridized carbons (Fsp3) is 0.714. The van der Waals surface area contributed by atoms with E-state index < -0.39 is 10.1 Å². The van der Waals surface area contributed by atoms with Crippen molar-refractivity contribution in [2.75, 3.05) is 6.26 Å². The largest absolute Gasteiger partial charge is 0.391 e. The molecule has 0 rings (SSSR count). The van der Waals surface area contributed by atoms with Crippen molar-refractivity contribution in [2.24, 2.45) is 0 Å². The summed E-state index contributed by atoms with van der Waals surface area (Å²) < 4.78 is 25.1. The first kappa shape index (κ1) is 10.5. The summed E-state index contributed by atoms with van der Waals surface area (Å²) in [6, 6.07) is 0. The van der Waals surface area contributed by atoms with Crippen LogP contribution < -0.4 is 0 Å². The molecule has 0 bridgehead atoms. The lowest BCUT2D eigenvalue weighted by Gasteiger charge is -1.93. The van der Waals surface area contributed by atoms with Crippen molar-refractivity contribution in [2.45, 2.75) is 26.2 Å². The summed E-state index contributed by atoms with van der Waals surface area (Å²) in [5.41, 5.74) is 0. The molecule has 0 spiro atoms. The van der Waals surface area contributed by atoms with Gasteiger partial charge in [0.2, 0.25) is 0 Å². The Morgan fingerprint density at radius 3 is 2.55 bits per heavy atom. The minimum absolute atomic E-state index is 0.867. The van der Waals surface area contributed by atoms with Crippen LogP contribution in [0.4, 0.5) is 0 Å². The van der Waals surface area contributed by atoms with Crippen LogP contribution in [0.3, 0.4) is 0 Å². The van der Waals surface area contributed by atoms with E-state index in [9.17, 15) is 8.42 Å². The Bertz CT molecular complexity index is 204. The van der Waals surface area contributed by atoms with Crippen molar-refractivity contribution >= 4 is 10.1 Å². The molecule has 0 N–H and O–H groups in total. The Labute approximate surface area is 68.2 Å². The molecule has 4 heteroatoms. The SMILES string of the molecule is CCCCC=COS(C)(=O)=O. The fourth-order valence-electron chi connectivity index (χ4n) is 0.530. The third kappa shape index (κ3) is 9.49. The minimum atomic E-state index is -3.30. The summed E-state index contributed by atoms with van der Waals surface area (Å²) in [4.78, 5) is 0. The molecule has 0 aromatic heterocycles. The Hall–Kier alpha value is -0.510. The molecular weight excluding hydrogens is 164 g/mol. The van der Waals surface area contributed by atoms with Crippen LogP contribution in [-0.4, -0.2) is 14.7 Å². The van der Waals surface area contributed by atoms with Crippen molar-refractivity contribution in [3.63, 3.8) is 0 Å². The molecule has 0 fully saturated rings. The van der Waals surface area contributed by atoms with Gasteiger partial charge in [-0.3, -0.25) is 0 Å². The molecule has 0 radical (unpaired) electrons. The lowest BCUT2D eigenvalue weighted by Crippen LogP contribution is -1.95. The molecule has 0 heterocycles. The Kier molecular flexibility index (Phi) is 4.94. The van der Waals surface area contributed by atoms with Crippen LogP contribution in [0.5, 0.6) is 0 Å². The average Bonchev–Trinajstić information content (AvgIpc) is 1.85. The second kappa shape index (κ2) is 5.18. The summed E-state index contributed by atoms with van der Waals surface area (Å²) in [6.45, 7) is 2.07. The van der Waals surface area contributed by atoms with Crippen LogP contribution in [0.2, 0.25) is 0 Å². The first-order valence-electron chi connectivity index (χ1n) is 3.59. The molecule has 0 atom stereocenters. The van der Waals surface area contributed by atoms with Crippen molar-refractivity contribution in [3.05, 3.63) is 12.3 Å². The van der Waals surface area contributed by atoms with Gasteiger partial charge >= 0.3 is 10.1 Å². The fourth-order valence-corrected chi connectivity index (χ4v) is 0.811. The third-order valence-electron chi connectivity index (χ3n) is 1.05. The quantitative estimate of drug-likeness (QED) is 0.365. The van der Waals surface area contributed by atoms with E-state index in [2.05, 4.69) is 11.1 Å². The summed E-state index contributed by atoms with van der Waals surface area (Å²) in [5, 5.41) is 0. The highest BCUT2D eigenvalue weighted by molar-refractivity contribution is 7.86. The van der Waals surface area contributed by atoms with Crippen LogP contribution >= 0.6 is 0 Å². The predicted octanol–water partition coefficient (Wildman–Crippen LogP) is 1.67. The summed E-state index contributed by atoms with van der Waals surface area (Å²) >= 11 is 0. The van der Waals surface area contributed by atoms with Crippen LogP contribution in [0.15, 0.2) is 12.3 Å². The summed E-state index contributed by atoms with van der Waals surface area (Å²) in [6.07, 6.45) is 6.99. The van der Waals surface area contributed by atoms with E-state index in [0.29, 0.717) is 0 Å². The van der Waals surface area contributed by atoms with Crippen LogP contribution in [0.1, 0.15) is 26.2 Å². The summed E-state index contributed by atoms with van der Waals surface area (Å²) in [7, 11) is -3.30. The van der Waals surface area contributed by atoms with E-state index >= 15 is 0 Å². The number of unbranched alkanes of at least 4 members (excludes halogenated alkanes) is 2. The average molecular weight is 178 g/mol. The van der Waals surface area contributed by atoms with Gasteiger partial charge in [-0.25, -0.2) is 0 Å². The third-order valence-corrected chi connectivity index (χ3v) is 1.51. The topological polar surface area (TPSA) is 43.4 Å². The van der Waals surface area contributed by atoms with E-state index in [-0.39, 0.29) is 0 Å². The van der Waals surface area contributed by atoms with Gasteiger partial charge in [0.25, 0.3) is 0 Å². The number of hydrogen-bond acceptors (Lipinski definition) is 3.